The minimum absolute atomic E-state index is 0.00816. The van der Waals surface area contributed by atoms with E-state index in [1.54, 1.807) is 0 Å². The van der Waals surface area contributed by atoms with Crippen LogP contribution in [-0.4, -0.2) is 34.7 Å². The summed E-state index contributed by atoms with van der Waals surface area (Å²) in [5.74, 6) is 0.567. The van der Waals surface area contributed by atoms with E-state index in [2.05, 4.69) is 29.6 Å². The van der Waals surface area contributed by atoms with Crippen molar-refractivity contribution in [2.75, 3.05) is 6.61 Å². The maximum absolute atomic E-state index is 13.5. The summed E-state index contributed by atoms with van der Waals surface area (Å²) in [6.07, 6.45) is 9.10. The molecule has 5 rings (SSSR count). The fraction of sp³-hybridized carbons (Fsp3) is 0.429. The first-order chi connectivity index (χ1) is 20.1. The molecule has 2 aliphatic carbocycles. The van der Waals surface area contributed by atoms with E-state index in [9.17, 15) is 14.7 Å². The van der Waals surface area contributed by atoms with E-state index in [-0.39, 0.29) is 36.5 Å². The van der Waals surface area contributed by atoms with Crippen molar-refractivity contribution in [1.82, 2.24) is 10.2 Å². The zero-order valence-electron chi connectivity index (χ0n) is 23.8. The quantitative estimate of drug-likeness (QED) is 0.295. The van der Waals surface area contributed by atoms with Crippen LogP contribution in [0, 0.1) is 5.92 Å². The Morgan fingerprint density at radius 1 is 0.805 bits per heavy atom. The van der Waals surface area contributed by atoms with Crippen LogP contribution < -0.4 is 10.1 Å². The van der Waals surface area contributed by atoms with Gasteiger partial charge in [-0.25, -0.2) is 4.79 Å². The van der Waals surface area contributed by atoms with Crippen molar-refractivity contribution in [3.05, 3.63) is 102 Å². The lowest BCUT2D eigenvalue weighted by molar-refractivity contribution is -0.127. The van der Waals surface area contributed by atoms with Crippen LogP contribution in [0.5, 0.6) is 5.75 Å². The number of ether oxygens (including phenoxy) is 1. The van der Waals surface area contributed by atoms with Crippen molar-refractivity contribution in [3.63, 3.8) is 0 Å². The van der Waals surface area contributed by atoms with Gasteiger partial charge in [0.25, 0.3) is 0 Å². The number of nitrogens with zero attached hydrogens (tertiary/aromatic N) is 1. The summed E-state index contributed by atoms with van der Waals surface area (Å²) in [6, 6.07) is 27.2. The highest BCUT2D eigenvalue weighted by Crippen LogP contribution is 2.38. The summed E-state index contributed by atoms with van der Waals surface area (Å²) in [5.41, 5.74) is 3.13. The molecule has 41 heavy (non-hydrogen) atoms. The van der Waals surface area contributed by atoms with Crippen molar-refractivity contribution in [2.24, 2.45) is 5.92 Å². The lowest BCUT2D eigenvalue weighted by Crippen LogP contribution is -2.42. The Balaban J connectivity index is 1.28. The van der Waals surface area contributed by atoms with Crippen molar-refractivity contribution in [3.8, 4) is 5.75 Å². The molecule has 3 unspecified atom stereocenters. The van der Waals surface area contributed by atoms with Gasteiger partial charge in [0.05, 0.1) is 12.6 Å². The summed E-state index contributed by atoms with van der Waals surface area (Å²) in [4.78, 5) is 28.7. The number of rotatable bonds is 9. The molecule has 6 nitrogen and oxygen atoms in total. The van der Waals surface area contributed by atoms with E-state index in [1.807, 2.05) is 65.6 Å². The number of aliphatic hydroxyl groups excluding tert-OH is 1. The molecule has 3 aromatic rings. The average Bonchev–Trinajstić information content (AvgIpc) is 3.04. The predicted molar refractivity (Wildman–Crippen MR) is 160 cm³/mol. The maximum Gasteiger partial charge on any atom is 0.415 e. The van der Waals surface area contributed by atoms with Gasteiger partial charge in [-0.2, -0.15) is 0 Å². The van der Waals surface area contributed by atoms with Crippen molar-refractivity contribution < 1.29 is 19.4 Å². The highest BCUT2D eigenvalue weighted by Gasteiger charge is 2.33. The van der Waals surface area contributed by atoms with Gasteiger partial charge < -0.3 is 20.1 Å². The second-order valence-electron chi connectivity index (χ2n) is 11.5. The number of carbonyl (C=O) groups excluding carboxylic acids is 2. The Bertz CT molecular complexity index is 1240. The molecule has 2 amide bonds. The molecule has 2 N–H and O–H groups in total. The van der Waals surface area contributed by atoms with Crippen LogP contribution in [0.2, 0.25) is 0 Å². The van der Waals surface area contributed by atoms with E-state index < -0.39 is 6.04 Å². The van der Waals surface area contributed by atoms with Gasteiger partial charge in [-0.05, 0) is 60.4 Å². The highest BCUT2D eigenvalue weighted by atomic mass is 16.6. The van der Waals surface area contributed by atoms with Crippen molar-refractivity contribution in [2.45, 2.75) is 82.3 Å². The number of amides is 2. The van der Waals surface area contributed by atoms with Gasteiger partial charge >= 0.3 is 6.09 Å². The normalized spacial score (nSPS) is 20.1. The molecule has 0 radical (unpaired) electrons. The molecule has 2 saturated carbocycles. The van der Waals surface area contributed by atoms with Crippen LogP contribution >= 0.6 is 0 Å². The third-order valence-corrected chi connectivity index (χ3v) is 8.76. The molecule has 2 aliphatic rings. The Hall–Kier alpha value is -3.64. The van der Waals surface area contributed by atoms with Gasteiger partial charge in [-0.1, -0.05) is 105 Å². The molecular weight excluding hydrogens is 512 g/mol. The number of benzene rings is 3. The largest absolute Gasteiger partial charge is 0.415 e. The molecule has 0 spiro atoms. The van der Waals surface area contributed by atoms with Gasteiger partial charge in [-0.15, -0.1) is 0 Å². The Morgan fingerprint density at radius 3 is 2.12 bits per heavy atom. The van der Waals surface area contributed by atoms with Gasteiger partial charge in [0.2, 0.25) is 5.91 Å². The zero-order valence-corrected chi connectivity index (χ0v) is 23.8. The van der Waals surface area contributed by atoms with Crippen LogP contribution in [0.4, 0.5) is 4.79 Å². The molecule has 216 valence electrons. The number of para-hydroxylation sites is 1. The van der Waals surface area contributed by atoms with Crippen LogP contribution in [-0.2, 0) is 11.3 Å². The minimum atomic E-state index is -0.407. The molecule has 0 heterocycles. The van der Waals surface area contributed by atoms with Gasteiger partial charge in [0, 0.05) is 18.5 Å². The molecule has 0 bridgehead atoms. The topological polar surface area (TPSA) is 78.9 Å². The first kappa shape index (κ1) is 28.9. The summed E-state index contributed by atoms with van der Waals surface area (Å²) >= 11 is 0. The Morgan fingerprint density at radius 2 is 1.44 bits per heavy atom. The van der Waals surface area contributed by atoms with Crippen molar-refractivity contribution in [1.29, 1.82) is 0 Å². The highest BCUT2D eigenvalue weighted by molar-refractivity contribution is 5.80. The van der Waals surface area contributed by atoms with Crippen LogP contribution in [0.15, 0.2) is 84.9 Å². The molecule has 0 aromatic heterocycles. The molecule has 2 fully saturated rings. The third-order valence-electron chi connectivity index (χ3n) is 8.76. The molecule has 3 aromatic carbocycles. The van der Waals surface area contributed by atoms with Gasteiger partial charge in [0.15, 0.2) is 0 Å². The average molecular weight is 555 g/mol. The van der Waals surface area contributed by atoms with Gasteiger partial charge in [0.1, 0.15) is 5.75 Å². The number of nitrogens with one attached hydrogen (secondary N) is 1. The number of hydrogen-bond acceptors (Lipinski definition) is 4. The lowest BCUT2D eigenvalue weighted by Gasteiger charge is -2.34. The molecule has 3 atom stereocenters. The Labute approximate surface area is 243 Å². The summed E-state index contributed by atoms with van der Waals surface area (Å²) in [7, 11) is 0. The fourth-order valence-electron chi connectivity index (χ4n) is 6.49. The summed E-state index contributed by atoms with van der Waals surface area (Å²) in [5, 5.41) is 13.1. The first-order valence-electron chi connectivity index (χ1n) is 15.2. The summed E-state index contributed by atoms with van der Waals surface area (Å²) in [6.45, 7) is 0.368. The minimum Gasteiger partial charge on any atom is -0.410 e. The van der Waals surface area contributed by atoms with Crippen LogP contribution in [0.3, 0.4) is 0 Å². The predicted octanol–water partition coefficient (Wildman–Crippen LogP) is 7.14. The molecule has 6 heteroatoms. The van der Waals surface area contributed by atoms with Crippen molar-refractivity contribution >= 4 is 12.0 Å². The summed E-state index contributed by atoms with van der Waals surface area (Å²) < 4.78 is 5.76. The standard InChI is InChI=1S/C35H42N2O4/c38-25-33(28-12-4-1-5-13-28)36-34(39)32-19-11-10-18-31(32)27-22-20-26(21-23-27)24-37(29-14-6-2-7-15-29)35(40)41-30-16-8-3-9-17-30/h1,3-5,8-9,12-13,16-17,20-23,29,31-33,38H,2,6-7,10-11,14-15,18-19,24-25H2,(H,36,39). The molecule has 0 saturated heterocycles. The van der Waals surface area contributed by atoms with E-state index in [0.717, 1.165) is 68.1 Å². The second kappa shape index (κ2) is 14.3. The molecule has 0 aliphatic heterocycles. The maximum atomic E-state index is 13.5. The van der Waals surface area contributed by atoms with E-state index in [1.165, 1.54) is 6.42 Å². The zero-order chi connectivity index (χ0) is 28.4. The first-order valence-corrected chi connectivity index (χ1v) is 15.2. The van der Waals surface area contributed by atoms with E-state index in [0.29, 0.717) is 12.3 Å². The Kier molecular flexibility index (Phi) is 10.1. The van der Waals surface area contributed by atoms with Gasteiger partial charge in [-0.3, -0.25) is 4.79 Å². The fourth-order valence-corrected chi connectivity index (χ4v) is 6.49. The number of aliphatic hydroxyl groups is 1. The third kappa shape index (κ3) is 7.56. The van der Waals surface area contributed by atoms with E-state index in [4.69, 9.17) is 4.74 Å². The number of hydrogen-bond donors (Lipinski definition) is 2. The molecular formula is C35H42N2O4. The van der Waals surface area contributed by atoms with Crippen LogP contribution in [0.25, 0.3) is 0 Å². The number of carbonyl (C=O) groups is 2. The lowest BCUT2D eigenvalue weighted by atomic mass is 9.74. The smallest absolute Gasteiger partial charge is 0.410 e. The van der Waals surface area contributed by atoms with Crippen LogP contribution in [0.1, 0.15) is 86.4 Å². The monoisotopic (exact) mass is 554 g/mol. The second-order valence-corrected chi connectivity index (χ2v) is 11.5. The van der Waals surface area contributed by atoms with E-state index >= 15 is 0 Å². The SMILES string of the molecule is O=C(NC(CO)c1ccccc1)C1CCCCC1c1ccc(CN(C(=O)Oc2ccccc2)C2CCCCC2)cc1.